The second kappa shape index (κ2) is 5.34. The van der Waals surface area contributed by atoms with E-state index in [0.717, 1.165) is 18.1 Å². The lowest BCUT2D eigenvalue weighted by atomic mass is 10.0. The van der Waals surface area contributed by atoms with Gasteiger partial charge in [0, 0.05) is 18.6 Å². The fourth-order valence-corrected chi connectivity index (χ4v) is 4.12. The predicted molar refractivity (Wildman–Crippen MR) is 85.6 cm³/mol. The molecule has 2 fully saturated rings. The molecule has 2 aromatic rings. The number of thiazole rings is 1. The molecular formula is C16H21N3S. The summed E-state index contributed by atoms with van der Waals surface area (Å²) in [6.07, 6.45) is 6.69. The first-order valence-electron chi connectivity index (χ1n) is 7.76. The summed E-state index contributed by atoms with van der Waals surface area (Å²) in [5.74, 6) is 0. The Hall–Kier alpha value is -1.13. The van der Waals surface area contributed by atoms with Crippen molar-refractivity contribution in [3.05, 3.63) is 24.3 Å². The molecule has 0 amide bonds. The van der Waals surface area contributed by atoms with Crippen molar-refractivity contribution in [1.82, 2.24) is 10.3 Å². The molecule has 1 aromatic heterocycles. The van der Waals surface area contributed by atoms with Crippen LogP contribution < -0.4 is 10.2 Å². The average Bonchev–Trinajstić information content (AvgIpc) is 3.24. The summed E-state index contributed by atoms with van der Waals surface area (Å²) >= 11 is 1.85. The highest BCUT2D eigenvalue weighted by Gasteiger charge is 2.32. The summed E-state index contributed by atoms with van der Waals surface area (Å²) in [5.41, 5.74) is 1.15. The van der Waals surface area contributed by atoms with Crippen molar-refractivity contribution in [3.8, 4) is 0 Å². The van der Waals surface area contributed by atoms with Gasteiger partial charge in [-0.1, -0.05) is 29.9 Å². The monoisotopic (exact) mass is 287 g/mol. The van der Waals surface area contributed by atoms with Crippen LogP contribution in [0.25, 0.3) is 10.2 Å². The maximum absolute atomic E-state index is 4.86. The predicted octanol–water partition coefficient (Wildman–Crippen LogP) is 3.41. The summed E-state index contributed by atoms with van der Waals surface area (Å²) in [6, 6.07) is 9.88. The van der Waals surface area contributed by atoms with E-state index in [1.165, 1.54) is 48.5 Å². The quantitative estimate of drug-likeness (QED) is 0.934. The molecule has 106 valence electrons. The Bertz CT molecular complexity index is 551. The number of hydrogen-bond acceptors (Lipinski definition) is 4. The molecule has 1 atom stereocenters. The second-order valence-corrected chi connectivity index (χ2v) is 7.00. The van der Waals surface area contributed by atoms with E-state index < -0.39 is 0 Å². The van der Waals surface area contributed by atoms with Crippen LogP contribution in [0.2, 0.25) is 0 Å². The molecule has 1 aliphatic carbocycles. The van der Waals surface area contributed by atoms with Crippen LogP contribution in [0.1, 0.15) is 32.1 Å². The first-order chi connectivity index (χ1) is 9.90. The maximum Gasteiger partial charge on any atom is 0.186 e. The molecule has 1 N–H and O–H groups in total. The molecule has 3 nitrogen and oxygen atoms in total. The third-order valence-corrected chi connectivity index (χ3v) is 5.42. The smallest absolute Gasteiger partial charge is 0.186 e. The summed E-state index contributed by atoms with van der Waals surface area (Å²) in [5, 5.41) is 4.89. The summed E-state index contributed by atoms with van der Waals surface area (Å²) in [7, 11) is 0. The number of fused-ring (bicyclic) bond motifs is 1. The standard InChI is InChI=1S/C16H21N3S/c1-2-7-15-14(6-1)18-16(20-15)19(13-8-9-13)11-12-5-3-4-10-17-12/h1-2,6-7,12-13,17H,3-5,8-11H2. The number of piperidine rings is 1. The van der Waals surface area contributed by atoms with Gasteiger partial charge >= 0.3 is 0 Å². The Labute approximate surface area is 124 Å². The molecule has 2 aliphatic rings. The average molecular weight is 287 g/mol. The molecule has 0 spiro atoms. The minimum absolute atomic E-state index is 0.649. The molecule has 4 heteroatoms. The third-order valence-electron chi connectivity index (χ3n) is 4.35. The van der Waals surface area contributed by atoms with Crippen molar-refractivity contribution < 1.29 is 0 Å². The second-order valence-electron chi connectivity index (χ2n) is 5.99. The van der Waals surface area contributed by atoms with E-state index in [1.807, 2.05) is 11.3 Å². The van der Waals surface area contributed by atoms with Crippen LogP contribution in [0.15, 0.2) is 24.3 Å². The molecule has 1 saturated heterocycles. The van der Waals surface area contributed by atoms with E-state index in [1.54, 1.807) is 0 Å². The van der Waals surface area contributed by atoms with Gasteiger partial charge in [0.25, 0.3) is 0 Å². The molecule has 2 heterocycles. The largest absolute Gasteiger partial charge is 0.344 e. The third kappa shape index (κ3) is 2.54. The highest BCUT2D eigenvalue weighted by atomic mass is 32.1. The SMILES string of the molecule is c1ccc2sc(N(CC3CCCCN3)C3CC3)nc2c1. The number of para-hydroxylation sites is 1. The van der Waals surface area contributed by atoms with Crippen LogP contribution in [0, 0.1) is 0 Å². The first-order valence-corrected chi connectivity index (χ1v) is 8.57. The number of aromatic nitrogens is 1. The molecule has 0 bridgehead atoms. The minimum Gasteiger partial charge on any atom is -0.344 e. The summed E-state index contributed by atoms with van der Waals surface area (Å²) in [4.78, 5) is 7.42. The topological polar surface area (TPSA) is 28.2 Å². The fourth-order valence-electron chi connectivity index (χ4n) is 3.07. The molecule has 20 heavy (non-hydrogen) atoms. The van der Waals surface area contributed by atoms with Gasteiger partial charge in [0.05, 0.1) is 10.2 Å². The van der Waals surface area contributed by atoms with Gasteiger partial charge in [0.15, 0.2) is 5.13 Å². The molecule has 0 radical (unpaired) electrons. The van der Waals surface area contributed by atoms with E-state index >= 15 is 0 Å². The van der Waals surface area contributed by atoms with Crippen molar-refractivity contribution >= 4 is 26.7 Å². The summed E-state index contributed by atoms with van der Waals surface area (Å²) < 4.78 is 1.31. The van der Waals surface area contributed by atoms with Crippen LogP contribution in [0.5, 0.6) is 0 Å². The van der Waals surface area contributed by atoms with Gasteiger partial charge < -0.3 is 10.2 Å². The highest BCUT2D eigenvalue weighted by molar-refractivity contribution is 7.22. The lowest BCUT2D eigenvalue weighted by Crippen LogP contribution is -2.44. The normalized spacial score (nSPS) is 23.1. The van der Waals surface area contributed by atoms with Gasteiger partial charge in [-0.3, -0.25) is 0 Å². The molecule has 1 unspecified atom stereocenters. The number of hydrogen-bond donors (Lipinski definition) is 1. The molecule has 1 saturated carbocycles. The van der Waals surface area contributed by atoms with Crippen molar-refractivity contribution in [2.24, 2.45) is 0 Å². The number of benzene rings is 1. The van der Waals surface area contributed by atoms with E-state index in [9.17, 15) is 0 Å². The number of rotatable bonds is 4. The molecule has 1 aliphatic heterocycles. The van der Waals surface area contributed by atoms with E-state index in [2.05, 4.69) is 34.5 Å². The van der Waals surface area contributed by atoms with Crippen molar-refractivity contribution in [2.75, 3.05) is 18.0 Å². The van der Waals surface area contributed by atoms with E-state index in [0.29, 0.717) is 6.04 Å². The minimum atomic E-state index is 0.649. The fraction of sp³-hybridized carbons (Fsp3) is 0.562. The first kappa shape index (κ1) is 12.6. The van der Waals surface area contributed by atoms with Crippen LogP contribution in [0.4, 0.5) is 5.13 Å². The Morgan fingerprint density at radius 2 is 2.10 bits per heavy atom. The number of anilines is 1. The molecule has 1 aromatic carbocycles. The zero-order chi connectivity index (χ0) is 13.4. The maximum atomic E-state index is 4.86. The van der Waals surface area contributed by atoms with Crippen LogP contribution >= 0.6 is 11.3 Å². The van der Waals surface area contributed by atoms with Gasteiger partial charge in [-0.2, -0.15) is 0 Å². The van der Waals surface area contributed by atoms with Gasteiger partial charge in [-0.25, -0.2) is 4.98 Å². The Balaban J connectivity index is 1.58. The zero-order valence-corrected chi connectivity index (χ0v) is 12.5. The highest BCUT2D eigenvalue weighted by Crippen LogP contribution is 2.36. The van der Waals surface area contributed by atoms with Gasteiger partial charge in [-0.15, -0.1) is 0 Å². The zero-order valence-electron chi connectivity index (χ0n) is 11.7. The van der Waals surface area contributed by atoms with Crippen molar-refractivity contribution in [1.29, 1.82) is 0 Å². The molecular weight excluding hydrogens is 266 g/mol. The van der Waals surface area contributed by atoms with Crippen molar-refractivity contribution in [3.63, 3.8) is 0 Å². The number of nitrogens with one attached hydrogen (secondary N) is 1. The van der Waals surface area contributed by atoms with Crippen molar-refractivity contribution in [2.45, 2.75) is 44.2 Å². The number of nitrogens with zero attached hydrogens (tertiary/aromatic N) is 2. The Morgan fingerprint density at radius 1 is 1.20 bits per heavy atom. The van der Waals surface area contributed by atoms with Crippen LogP contribution in [-0.2, 0) is 0 Å². The Kier molecular flexibility index (Phi) is 3.36. The Morgan fingerprint density at radius 3 is 2.85 bits per heavy atom. The van der Waals surface area contributed by atoms with Gasteiger partial charge in [0.2, 0.25) is 0 Å². The lowest BCUT2D eigenvalue weighted by molar-refractivity contribution is 0.398. The molecule has 4 rings (SSSR count). The van der Waals surface area contributed by atoms with E-state index in [-0.39, 0.29) is 0 Å². The van der Waals surface area contributed by atoms with E-state index in [4.69, 9.17) is 4.98 Å². The lowest BCUT2D eigenvalue weighted by Gasteiger charge is -2.30. The van der Waals surface area contributed by atoms with Gasteiger partial charge in [0.1, 0.15) is 0 Å². The van der Waals surface area contributed by atoms with Crippen LogP contribution in [0.3, 0.4) is 0 Å². The van der Waals surface area contributed by atoms with Crippen LogP contribution in [-0.4, -0.2) is 30.2 Å². The summed E-state index contributed by atoms with van der Waals surface area (Å²) in [6.45, 7) is 2.31. The van der Waals surface area contributed by atoms with Gasteiger partial charge in [-0.05, 0) is 44.4 Å².